The van der Waals surface area contributed by atoms with Gasteiger partial charge in [0.15, 0.2) is 0 Å². The van der Waals surface area contributed by atoms with Crippen molar-refractivity contribution in [2.45, 2.75) is 19.8 Å². The SMILES string of the molecule is CCc1nc(Cc2nc(-c3ccc(NC(N)=O)cc3)no2)cs1. The smallest absolute Gasteiger partial charge is 0.316 e. The third-order valence-corrected chi connectivity index (χ3v) is 4.15. The van der Waals surface area contributed by atoms with E-state index in [4.69, 9.17) is 10.3 Å². The number of primary amides is 1. The standard InChI is InChI=1S/C15H15N5O2S/c1-2-13-17-11(8-23-13)7-12-19-14(20-22-12)9-3-5-10(6-4-9)18-15(16)21/h3-6,8H,2,7H2,1H3,(H3,16,18,21). The molecule has 0 bridgehead atoms. The fraction of sp³-hybridized carbons (Fsp3) is 0.200. The monoisotopic (exact) mass is 329 g/mol. The Morgan fingerprint density at radius 3 is 2.74 bits per heavy atom. The van der Waals surface area contributed by atoms with Gasteiger partial charge in [0.2, 0.25) is 11.7 Å². The average molecular weight is 329 g/mol. The van der Waals surface area contributed by atoms with Crippen molar-refractivity contribution >= 4 is 23.1 Å². The van der Waals surface area contributed by atoms with Crippen molar-refractivity contribution in [2.24, 2.45) is 5.73 Å². The van der Waals surface area contributed by atoms with Gasteiger partial charge < -0.3 is 15.6 Å². The predicted molar refractivity (Wildman–Crippen MR) is 87.2 cm³/mol. The molecule has 2 heterocycles. The van der Waals surface area contributed by atoms with E-state index in [0.29, 0.717) is 23.8 Å². The Kier molecular flexibility index (Phi) is 4.33. The number of hydrogen-bond acceptors (Lipinski definition) is 6. The Balaban J connectivity index is 1.72. The van der Waals surface area contributed by atoms with Crippen molar-refractivity contribution in [3.63, 3.8) is 0 Å². The van der Waals surface area contributed by atoms with E-state index in [2.05, 4.69) is 27.4 Å². The number of nitrogens with one attached hydrogen (secondary N) is 1. The van der Waals surface area contributed by atoms with Crippen LogP contribution in [0.5, 0.6) is 0 Å². The summed E-state index contributed by atoms with van der Waals surface area (Å²) in [6, 6.07) is 6.43. The highest BCUT2D eigenvalue weighted by molar-refractivity contribution is 7.09. The molecule has 7 nitrogen and oxygen atoms in total. The molecule has 2 aromatic heterocycles. The molecule has 0 aliphatic heterocycles. The van der Waals surface area contributed by atoms with E-state index in [-0.39, 0.29) is 0 Å². The number of thiazole rings is 1. The van der Waals surface area contributed by atoms with Crippen LogP contribution in [0, 0.1) is 0 Å². The number of urea groups is 1. The van der Waals surface area contributed by atoms with E-state index < -0.39 is 6.03 Å². The van der Waals surface area contributed by atoms with Crippen LogP contribution < -0.4 is 11.1 Å². The first kappa shape index (κ1) is 15.2. The van der Waals surface area contributed by atoms with Gasteiger partial charge in [0.25, 0.3) is 0 Å². The number of carbonyl (C=O) groups excluding carboxylic acids is 1. The number of rotatable bonds is 5. The molecular formula is C15H15N5O2S. The van der Waals surface area contributed by atoms with Crippen LogP contribution in [-0.2, 0) is 12.8 Å². The second-order valence-corrected chi connectivity index (χ2v) is 5.78. The Labute approximate surface area is 136 Å². The van der Waals surface area contributed by atoms with E-state index in [0.717, 1.165) is 22.7 Å². The molecule has 0 atom stereocenters. The Morgan fingerprint density at radius 2 is 2.09 bits per heavy atom. The molecule has 0 spiro atoms. The van der Waals surface area contributed by atoms with Crippen molar-refractivity contribution in [1.29, 1.82) is 0 Å². The summed E-state index contributed by atoms with van der Waals surface area (Å²) in [4.78, 5) is 19.7. The zero-order valence-electron chi connectivity index (χ0n) is 12.4. The molecule has 0 aliphatic rings. The van der Waals surface area contributed by atoms with Gasteiger partial charge in [-0.25, -0.2) is 9.78 Å². The third-order valence-electron chi connectivity index (χ3n) is 3.11. The van der Waals surface area contributed by atoms with Crippen molar-refractivity contribution in [1.82, 2.24) is 15.1 Å². The number of benzene rings is 1. The highest BCUT2D eigenvalue weighted by Gasteiger charge is 2.11. The number of aromatic nitrogens is 3. The van der Waals surface area contributed by atoms with E-state index in [1.54, 1.807) is 35.6 Å². The van der Waals surface area contributed by atoms with Crippen LogP contribution >= 0.6 is 11.3 Å². The van der Waals surface area contributed by atoms with Gasteiger partial charge in [0, 0.05) is 16.6 Å². The van der Waals surface area contributed by atoms with Gasteiger partial charge in [-0.15, -0.1) is 11.3 Å². The summed E-state index contributed by atoms with van der Waals surface area (Å²) in [6.07, 6.45) is 1.44. The topological polar surface area (TPSA) is 107 Å². The average Bonchev–Trinajstić information content (AvgIpc) is 3.17. The highest BCUT2D eigenvalue weighted by Crippen LogP contribution is 2.20. The normalized spacial score (nSPS) is 10.7. The minimum atomic E-state index is -0.602. The molecule has 0 unspecified atom stereocenters. The molecule has 0 fully saturated rings. The summed E-state index contributed by atoms with van der Waals surface area (Å²) in [5.74, 6) is 1.02. The maximum absolute atomic E-state index is 10.8. The van der Waals surface area contributed by atoms with Gasteiger partial charge in [0.1, 0.15) is 0 Å². The van der Waals surface area contributed by atoms with Crippen LogP contribution in [0.1, 0.15) is 23.5 Å². The van der Waals surface area contributed by atoms with Gasteiger partial charge >= 0.3 is 6.03 Å². The van der Waals surface area contributed by atoms with Crippen molar-refractivity contribution in [3.8, 4) is 11.4 Å². The minimum absolute atomic E-state index is 0.497. The van der Waals surface area contributed by atoms with E-state index in [9.17, 15) is 4.79 Å². The molecule has 0 aliphatic carbocycles. The van der Waals surface area contributed by atoms with Crippen LogP contribution in [0.25, 0.3) is 11.4 Å². The second kappa shape index (κ2) is 6.57. The minimum Gasteiger partial charge on any atom is -0.351 e. The molecule has 3 N–H and O–H groups in total. The van der Waals surface area contributed by atoms with Gasteiger partial charge in [-0.1, -0.05) is 12.1 Å². The predicted octanol–water partition coefficient (Wildman–Crippen LogP) is 2.84. The summed E-state index contributed by atoms with van der Waals surface area (Å²) in [5.41, 5.74) is 7.41. The number of anilines is 1. The number of carbonyl (C=O) groups is 1. The lowest BCUT2D eigenvalue weighted by Gasteiger charge is -2.01. The number of nitrogens with zero attached hydrogens (tertiary/aromatic N) is 3. The summed E-state index contributed by atoms with van der Waals surface area (Å²) in [7, 11) is 0. The molecule has 2 amide bonds. The number of aryl methyl sites for hydroxylation is 1. The Hall–Kier alpha value is -2.74. The van der Waals surface area contributed by atoms with Gasteiger partial charge in [-0.05, 0) is 30.7 Å². The summed E-state index contributed by atoms with van der Waals surface area (Å²) in [6.45, 7) is 2.07. The van der Waals surface area contributed by atoms with Crippen LogP contribution in [0.4, 0.5) is 10.5 Å². The maximum atomic E-state index is 10.8. The first-order valence-corrected chi connectivity index (χ1v) is 7.94. The van der Waals surface area contributed by atoms with Crippen LogP contribution in [0.3, 0.4) is 0 Å². The molecule has 0 radical (unpaired) electrons. The number of amides is 2. The third kappa shape index (κ3) is 3.72. The number of hydrogen-bond donors (Lipinski definition) is 2. The first-order chi connectivity index (χ1) is 11.1. The van der Waals surface area contributed by atoms with Crippen LogP contribution in [-0.4, -0.2) is 21.2 Å². The Bertz CT molecular complexity index is 809. The zero-order chi connectivity index (χ0) is 16.2. The molecule has 0 saturated carbocycles. The highest BCUT2D eigenvalue weighted by atomic mass is 32.1. The molecule has 0 saturated heterocycles. The largest absolute Gasteiger partial charge is 0.351 e. The molecule has 3 rings (SSSR count). The quantitative estimate of drug-likeness (QED) is 0.748. The van der Waals surface area contributed by atoms with E-state index >= 15 is 0 Å². The van der Waals surface area contributed by atoms with E-state index in [1.807, 2.05) is 5.38 Å². The molecular weight excluding hydrogens is 314 g/mol. The van der Waals surface area contributed by atoms with Gasteiger partial charge in [-0.3, -0.25) is 0 Å². The molecule has 3 aromatic rings. The van der Waals surface area contributed by atoms with Gasteiger partial charge in [0.05, 0.1) is 17.1 Å². The summed E-state index contributed by atoms with van der Waals surface area (Å²) < 4.78 is 5.27. The summed E-state index contributed by atoms with van der Waals surface area (Å²) >= 11 is 1.63. The molecule has 1 aromatic carbocycles. The van der Waals surface area contributed by atoms with Crippen LogP contribution in [0.2, 0.25) is 0 Å². The van der Waals surface area contributed by atoms with Crippen molar-refractivity contribution < 1.29 is 9.32 Å². The molecule has 23 heavy (non-hydrogen) atoms. The second-order valence-electron chi connectivity index (χ2n) is 4.84. The van der Waals surface area contributed by atoms with Gasteiger partial charge in [-0.2, -0.15) is 4.98 Å². The lowest BCUT2D eigenvalue weighted by Crippen LogP contribution is -2.19. The lowest BCUT2D eigenvalue weighted by atomic mass is 10.2. The fourth-order valence-corrected chi connectivity index (χ4v) is 2.78. The van der Waals surface area contributed by atoms with Crippen molar-refractivity contribution in [2.75, 3.05) is 5.32 Å². The molecule has 118 valence electrons. The summed E-state index contributed by atoms with van der Waals surface area (Å²) in [5, 5.41) is 9.58. The lowest BCUT2D eigenvalue weighted by molar-refractivity contribution is 0.259. The number of nitrogens with two attached hydrogens (primary N) is 1. The van der Waals surface area contributed by atoms with Crippen LogP contribution in [0.15, 0.2) is 34.2 Å². The fourth-order valence-electron chi connectivity index (χ4n) is 2.04. The van der Waals surface area contributed by atoms with Crippen molar-refractivity contribution in [3.05, 3.63) is 46.2 Å². The first-order valence-electron chi connectivity index (χ1n) is 7.07. The van der Waals surface area contributed by atoms with E-state index in [1.165, 1.54) is 0 Å². The Morgan fingerprint density at radius 1 is 1.30 bits per heavy atom. The maximum Gasteiger partial charge on any atom is 0.316 e. The molecule has 8 heteroatoms. The zero-order valence-corrected chi connectivity index (χ0v) is 13.3.